The zero-order valence-electron chi connectivity index (χ0n) is 15.4. The van der Waals surface area contributed by atoms with Crippen LogP contribution in [0.15, 0.2) is 45.8 Å². The molecule has 1 unspecified atom stereocenters. The third-order valence-electron chi connectivity index (χ3n) is 4.46. The van der Waals surface area contributed by atoms with E-state index in [-0.39, 0.29) is 38.8 Å². The van der Waals surface area contributed by atoms with E-state index in [2.05, 4.69) is 15.8 Å². The van der Waals surface area contributed by atoms with Crippen LogP contribution in [0.4, 0.5) is 15.8 Å². The maximum Gasteiger partial charge on any atom is 0.261 e. The molecule has 2 N–H and O–H groups in total. The number of carbonyl (C=O) groups excluding carboxylic acids is 2. The Bertz CT molecular complexity index is 1130. The van der Waals surface area contributed by atoms with Gasteiger partial charge in [0.2, 0.25) is 5.91 Å². The van der Waals surface area contributed by atoms with E-state index in [0.29, 0.717) is 11.4 Å². The van der Waals surface area contributed by atoms with Gasteiger partial charge in [0.1, 0.15) is 22.8 Å². The van der Waals surface area contributed by atoms with Crippen LogP contribution in [0.5, 0.6) is 0 Å². The topological polar surface area (TPSA) is 84.2 Å². The van der Waals surface area contributed by atoms with Crippen molar-refractivity contribution in [3.63, 3.8) is 0 Å². The monoisotopic (exact) mass is 431 g/mol. The van der Waals surface area contributed by atoms with Gasteiger partial charge in [-0.25, -0.2) is 4.39 Å². The maximum atomic E-state index is 14.3. The lowest BCUT2D eigenvalue weighted by Gasteiger charge is -2.22. The minimum absolute atomic E-state index is 0.000687. The van der Waals surface area contributed by atoms with Gasteiger partial charge in [0.15, 0.2) is 0 Å². The molecule has 29 heavy (non-hydrogen) atoms. The molecular weight excluding hydrogens is 417 g/mol. The van der Waals surface area contributed by atoms with Crippen LogP contribution >= 0.6 is 23.4 Å². The number of rotatable bonds is 3. The van der Waals surface area contributed by atoms with Gasteiger partial charge in [-0.15, -0.1) is 11.8 Å². The first-order chi connectivity index (χ1) is 13.8. The van der Waals surface area contributed by atoms with Crippen molar-refractivity contribution >= 4 is 46.6 Å². The Morgan fingerprint density at radius 2 is 2.14 bits per heavy atom. The molecule has 1 atom stereocenters. The van der Waals surface area contributed by atoms with Crippen molar-refractivity contribution < 1.29 is 18.5 Å². The predicted octanol–water partition coefficient (Wildman–Crippen LogP) is 5.13. The van der Waals surface area contributed by atoms with Crippen LogP contribution in [0.2, 0.25) is 5.02 Å². The highest BCUT2D eigenvalue weighted by Crippen LogP contribution is 2.38. The summed E-state index contributed by atoms with van der Waals surface area (Å²) in [4.78, 5) is 25.7. The Labute approximate surface area is 174 Å². The standard InChI is InChI=1S/C20H15ClFN3O3S/c1-9-16(18(25-28-9)17-12(21)4-3-5-13(17)22)20(27)23-11-6-7-15-14(8-11)24-19(26)10(2)29-15/h3-8,10H,1-2H3,(H,23,27)(H,24,26). The van der Waals surface area contributed by atoms with E-state index >= 15 is 0 Å². The highest BCUT2D eigenvalue weighted by molar-refractivity contribution is 8.00. The Balaban J connectivity index is 1.66. The fourth-order valence-corrected chi connectivity index (χ4v) is 4.20. The minimum Gasteiger partial charge on any atom is -0.360 e. The Kier molecular flexibility index (Phi) is 5.06. The van der Waals surface area contributed by atoms with Gasteiger partial charge < -0.3 is 15.2 Å². The first-order valence-electron chi connectivity index (χ1n) is 8.68. The smallest absolute Gasteiger partial charge is 0.261 e. The molecule has 6 nitrogen and oxygen atoms in total. The van der Waals surface area contributed by atoms with E-state index in [4.69, 9.17) is 16.1 Å². The van der Waals surface area contributed by atoms with E-state index in [9.17, 15) is 14.0 Å². The Morgan fingerprint density at radius 1 is 1.34 bits per heavy atom. The summed E-state index contributed by atoms with van der Waals surface area (Å²) in [7, 11) is 0. The number of carbonyl (C=O) groups is 2. The third kappa shape index (κ3) is 3.61. The first-order valence-corrected chi connectivity index (χ1v) is 9.94. The third-order valence-corrected chi connectivity index (χ3v) is 5.95. The van der Waals surface area contributed by atoms with Crippen molar-refractivity contribution in [2.75, 3.05) is 10.6 Å². The van der Waals surface area contributed by atoms with Gasteiger partial charge in [-0.05, 0) is 44.2 Å². The molecular formula is C20H15ClFN3O3S. The van der Waals surface area contributed by atoms with Gasteiger partial charge in [-0.1, -0.05) is 22.8 Å². The van der Waals surface area contributed by atoms with Crippen molar-refractivity contribution in [1.82, 2.24) is 5.16 Å². The molecule has 4 rings (SSSR count). The lowest BCUT2D eigenvalue weighted by atomic mass is 10.0. The normalized spacial score (nSPS) is 15.6. The van der Waals surface area contributed by atoms with Crippen LogP contribution < -0.4 is 10.6 Å². The predicted molar refractivity (Wildman–Crippen MR) is 110 cm³/mol. The molecule has 0 spiro atoms. The largest absolute Gasteiger partial charge is 0.360 e. The van der Waals surface area contributed by atoms with Gasteiger partial charge in [-0.3, -0.25) is 9.59 Å². The second kappa shape index (κ2) is 7.53. The summed E-state index contributed by atoms with van der Waals surface area (Å²) in [6.45, 7) is 3.38. The molecule has 2 amide bonds. The van der Waals surface area contributed by atoms with Crippen molar-refractivity contribution in [2.24, 2.45) is 0 Å². The van der Waals surface area contributed by atoms with Crippen molar-refractivity contribution in [3.05, 3.63) is 58.6 Å². The summed E-state index contributed by atoms with van der Waals surface area (Å²) in [5, 5.41) is 9.33. The molecule has 3 aromatic rings. The van der Waals surface area contributed by atoms with Crippen LogP contribution in [-0.4, -0.2) is 22.2 Å². The quantitative estimate of drug-likeness (QED) is 0.600. The molecule has 0 bridgehead atoms. The van der Waals surface area contributed by atoms with Crippen LogP contribution in [-0.2, 0) is 4.79 Å². The number of benzene rings is 2. The van der Waals surface area contributed by atoms with Crippen molar-refractivity contribution in [1.29, 1.82) is 0 Å². The van der Waals surface area contributed by atoms with Crippen LogP contribution in [0.25, 0.3) is 11.3 Å². The van der Waals surface area contributed by atoms with Crippen molar-refractivity contribution in [3.8, 4) is 11.3 Å². The first kappa shape index (κ1) is 19.5. The summed E-state index contributed by atoms with van der Waals surface area (Å²) < 4.78 is 19.5. The fraction of sp³-hybridized carbons (Fsp3) is 0.150. The molecule has 1 aliphatic heterocycles. The molecule has 9 heteroatoms. The molecule has 1 aromatic heterocycles. The molecule has 0 radical (unpaired) electrons. The summed E-state index contributed by atoms with van der Waals surface area (Å²) in [6.07, 6.45) is 0. The maximum absolute atomic E-state index is 14.3. The molecule has 0 saturated carbocycles. The molecule has 1 aliphatic rings. The summed E-state index contributed by atoms with van der Waals surface area (Å²) >= 11 is 7.56. The van der Waals surface area contributed by atoms with Crippen LogP contribution in [0, 0.1) is 12.7 Å². The second-order valence-electron chi connectivity index (χ2n) is 6.47. The number of nitrogens with one attached hydrogen (secondary N) is 2. The van der Waals surface area contributed by atoms with E-state index < -0.39 is 11.7 Å². The average molecular weight is 432 g/mol. The number of aromatic nitrogens is 1. The van der Waals surface area contributed by atoms with E-state index in [1.807, 2.05) is 13.0 Å². The van der Waals surface area contributed by atoms with E-state index in [1.165, 1.54) is 30.0 Å². The number of hydrogen-bond donors (Lipinski definition) is 2. The fourth-order valence-electron chi connectivity index (χ4n) is 3.01. The molecule has 148 valence electrons. The van der Waals surface area contributed by atoms with Gasteiger partial charge in [0.25, 0.3) is 5.91 Å². The Morgan fingerprint density at radius 3 is 2.90 bits per heavy atom. The number of amides is 2. The zero-order valence-corrected chi connectivity index (χ0v) is 17.0. The van der Waals surface area contributed by atoms with Gasteiger partial charge >= 0.3 is 0 Å². The molecule has 2 aromatic carbocycles. The van der Waals surface area contributed by atoms with Gasteiger partial charge in [0.05, 0.1) is 21.5 Å². The minimum atomic E-state index is -0.609. The van der Waals surface area contributed by atoms with Gasteiger partial charge in [0, 0.05) is 10.6 Å². The summed E-state index contributed by atoms with van der Waals surface area (Å²) in [5.41, 5.74) is 1.20. The van der Waals surface area contributed by atoms with Crippen LogP contribution in [0.3, 0.4) is 0 Å². The summed E-state index contributed by atoms with van der Waals surface area (Å²) in [6, 6.07) is 9.43. The molecule has 0 fully saturated rings. The number of halogens is 2. The molecule has 0 aliphatic carbocycles. The number of aryl methyl sites for hydroxylation is 1. The molecule has 0 saturated heterocycles. The van der Waals surface area contributed by atoms with Gasteiger partial charge in [-0.2, -0.15) is 0 Å². The number of fused-ring (bicyclic) bond motifs is 1. The SMILES string of the molecule is Cc1onc(-c2c(F)cccc2Cl)c1C(=O)Nc1ccc2c(c1)NC(=O)C(C)S2. The number of anilines is 2. The summed E-state index contributed by atoms with van der Waals surface area (Å²) in [5.74, 6) is -1.01. The van der Waals surface area contributed by atoms with E-state index in [1.54, 1.807) is 19.1 Å². The zero-order chi connectivity index (χ0) is 20.7. The lowest BCUT2D eigenvalue weighted by molar-refractivity contribution is -0.115. The van der Waals surface area contributed by atoms with Crippen LogP contribution in [0.1, 0.15) is 23.0 Å². The van der Waals surface area contributed by atoms with Crippen molar-refractivity contribution in [2.45, 2.75) is 24.0 Å². The number of thioether (sulfide) groups is 1. The van der Waals surface area contributed by atoms with E-state index in [0.717, 1.165) is 4.90 Å². The highest BCUT2D eigenvalue weighted by atomic mass is 35.5. The second-order valence-corrected chi connectivity index (χ2v) is 8.26. The number of hydrogen-bond acceptors (Lipinski definition) is 5. The number of nitrogens with zero attached hydrogens (tertiary/aromatic N) is 1. The molecule has 2 heterocycles. The lowest BCUT2D eigenvalue weighted by Crippen LogP contribution is -2.26. The average Bonchev–Trinajstić information content (AvgIpc) is 3.04. The Hall–Kier alpha value is -2.84. The highest BCUT2D eigenvalue weighted by Gasteiger charge is 2.27.